The van der Waals surface area contributed by atoms with E-state index in [-0.39, 0.29) is 0 Å². The third-order valence-corrected chi connectivity index (χ3v) is 5.44. The molecule has 112 valence electrons. The van der Waals surface area contributed by atoms with Gasteiger partial charge in [0.05, 0.1) is 0 Å². The average molecular weight is 267 g/mol. The molecule has 1 heterocycles. The summed E-state index contributed by atoms with van der Waals surface area (Å²) in [6.45, 7) is 8.61. The number of nitrogens with one attached hydrogen (secondary N) is 1. The normalized spacial score (nSPS) is 31.6. The first-order valence-electron chi connectivity index (χ1n) is 8.15. The van der Waals surface area contributed by atoms with Crippen LogP contribution in [-0.4, -0.2) is 43.7 Å². The zero-order valence-corrected chi connectivity index (χ0v) is 13.1. The molecule has 3 N–H and O–H groups in total. The number of piperidine rings is 1. The number of likely N-dealkylation sites (tertiary alicyclic amines) is 1. The predicted molar refractivity (Wildman–Crippen MR) is 82.2 cm³/mol. The second-order valence-corrected chi connectivity index (χ2v) is 7.56. The van der Waals surface area contributed by atoms with E-state index in [1.54, 1.807) is 0 Å². The molecule has 0 bridgehead atoms. The van der Waals surface area contributed by atoms with Crippen molar-refractivity contribution in [2.45, 2.75) is 64.5 Å². The molecule has 0 spiro atoms. The molecule has 0 aromatic heterocycles. The van der Waals surface area contributed by atoms with Crippen LogP contribution in [0.5, 0.6) is 0 Å². The van der Waals surface area contributed by atoms with Crippen molar-refractivity contribution in [1.82, 2.24) is 10.2 Å². The van der Waals surface area contributed by atoms with Gasteiger partial charge in [0.15, 0.2) is 0 Å². The average Bonchev–Trinajstić information content (AvgIpc) is 2.39. The van der Waals surface area contributed by atoms with Gasteiger partial charge in [-0.15, -0.1) is 0 Å². The van der Waals surface area contributed by atoms with Gasteiger partial charge < -0.3 is 16.0 Å². The molecule has 1 saturated heterocycles. The standard InChI is InChI=1S/C16H33N3/c1-16(2,13-8-10-19(3)11-9-13)12-18-15-6-4-14(17)5-7-15/h13-15,18H,4-12,17H2,1-3H3. The predicted octanol–water partition coefficient (Wildman–Crippen LogP) is 2.21. The second kappa shape index (κ2) is 6.55. The first-order chi connectivity index (χ1) is 8.97. The van der Waals surface area contributed by atoms with E-state index < -0.39 is 0 Å². The minimum Gasteiger partial charge on any atom is -0.328 e. The zero-order valence-electron chi connectivity index (χ0n) is 13.1. The molecular formula is C16H33N3. The number of nitrogens with zero attached hydrogens (tertiary/aromatic N) is 1. The Labute approximate surface area is 119 Å². The van der Waals surface area contributed by atoms with Gasteiger partial charge in [0, 0.05) is 18.6 Å². The Kier molecular flexibility index (Phi) is 5.27. The Balaban J connectivity index is 1.74. The fraction of sp³-hybridized carbons (Fsp3) is 1.00. The lowest BCUT2D eigenvalue weighted by Crippen LogP contribution is -2.45. The van der Waals surface area contributed by atoms with Gasteiger partial charge in [-0.2, -0.15) is 0 Å². The van der Waals surface area contributed by atoms with Crippen LogP contribution in [0.4, 0.5) is 0 Å². The van der Waals surface area contributed by atoms with E-state index in [2.05, 4.69) is 31.1 Å². The third-order valence-electron chi connectivity index (χ3n) is 5.44. The van der Waals surface area contributed by atoms with Crippen LogP contribution >= 0.6 is 0 Å². The molecule has 1 saturated carbocycles. The summed E-state index contributed by atoms with van der Waals surface area (Å²) in [6, 6.07) is 1.17. The summed E-state index contributed by atoms with van der Waals surface area (Å²) in [5, 5.41) is 3.82. The summed E-state index contributed by atoms with van der Waals surface area (Å²) >= 11 is 0. The number of rotatable bonds is 4. The van der Waals surface area contributed by atoms with E-state index in [0.29, 0.717) is 17.5 Å². The van der Waals surface area contributed by atoms with Crippen molar-refractivity contribution < 1.29 is 0 Å². The highest BCUT2D eigenvalue weighted by molar-refractivity contribution is 4.87. The molecule has 2 aliphatic rings. The highest BCUT2D eigenvalue weighted by atomic mass is 15.1. The number of hydrogen-bond donors (Lipinski definition) is 2. The van der Waals surface area contributed by atoms with Crippen molar-refractivity contribution >= 4 is 0 Å². The quantitative estimate of drug-likeness (QED) is 0.820. The third kappa shape index (κ3) is 4.44. The Hall–Kier alpha value is -0.120. The van der Waals surface area contributed by atoms with Crippen molar-refractivity contribution in [1.29, 1.82) is 0 Å². The first-order valence-corrected chi connectivity index (χ1v) is 8.15. The molecule has 2 rings (SSSR count). The highest BCUT2D eigenvalue weighted by Crippen LogP contribution is 2.34. The number of hydrogen-bond acceptors (Lipinski definition) is 3. The van der Waals surface area contributed by atoms with Gasteiger partial charge in [-0.1, -0.05) is 13.8 Å². The first kappa shape index (κ1) is 15.3. The van der Waals surface area contributed by atoms with Crippen LogP contribution in [-0.2, 0) is 0 Å². The van der Waals surface area contributed by atoms with E-state index in [1.165, 1.54) is 58.2 Å². The molecule has 19 heavy (non-hydrogen) atoms. The van der Waals surface area contributed by atoms with Gasteiger partial charge in [-0.25, -0.2) is 0 Å². The molecule has 0 atom stereocenters. The largest absolute Gasteiger partial charge is 0.328 e. The molecule has 0 radical (unpaired) electrons. The Morgan fingerprint density at radius 2 is 1.63 bits per heavy atom. The van der Waals surface area contributed by atoms with Crippen molar-refractivity contribution in [3.63, 3.8) is 0 Å². The van der Waals surface area contributed by atoms with Crippen LogP contribution in [0.3, 0.4) is 0 Å². The number of nitrogens with two attached hydrogens (primary N) is 1. The van der Waals surface area contributed by atoms with Crippen molar-refractivity contribution in [3.8, 4) is 0 Å². The van der Waals surface area contributed by atoms with Crippen LogP contribution in [0.15, 0.2) is 0 Å². The minimum atomic E-state index is 0.431. The highest BCUT2D eigenvalue weighted by Gasteiger charge is 2.32. The lowest BCUT2D eigenvalue weighted by atomic mass is 9.73. The van der Waals surface area contributed by atoms with E-state index in [1.807, 2.05) is 0 Å². The monoisotopic (exact) mass is 267 g/mol. The van der Waals surface area contributed by atoms with Gasteiger partial charge in [0.1, 0.15) is 0 Å². The lowest BCUT2D eigenvalue weighted by molar-refractivity contribution is 0.108. The maximum atomic E-state index is 5.98. The molecular weight excluding hydrogens is 234 g/mol. The van der Waals surface area contributed by atoms with Crippen LogP contribution < -0.4 is 11.1 Å². The molecule has 1 aliphatic carbocycles. The summed E-state index contributed by atoms with van der Waals surface area (Å²) in [7, 11) is 2.24. The smallest absolute Gasteiger partial charge is 0.00684 e. The molecule has 0 aromatic rings. The van der Waals surface area contributed by atoms with E-state index >= 15 is 0 Å². The summed E-state index contributed by atoms with van der Waals surface area (Å²) in [5.74, 6) is 0.877. The maximum Gasteiger partial charge on any atom is 0.00684 e. The molecule has 1 aliphatic heterocycles. The van der Waals surface area contributed by atoms with Gasteiger partial charge in [0.2, 0.25) is 0 Å². The summed E-state index contributed by atoms with van der Waals surface area (Å²) in [4.78, 5) is 2.46. The maximum absolute atomic E-state index is 5.98. The van der Waals surface area contributed by atoms with Gasteiger partial charge in [0.25, 0.3) is 0 Å². The summed E-state index contributed by atoms with van der Waals surface area (Å²) in [5.41, 5.74) is 6.41. The fourth-order valence-corrected chi connectivity index (χ4v) is 3.67. The van der Waals surface area contributed by atoms with Crippen LogP contribution in [0.2, 0.25) is 0 Å². The Morgan fingerprint density at radius 3 is 2.21 bits per heavy atom. The lowest BCUT2D eigenvalue weighted by Gasteiger charge is -2.41. The summed E-state index contributed by atoms with van der Waals surface area (Å²) in [6.07, 6.45) is 7.66. The van der Waals surface area contributed by atoms with Gasteiger partial charge in [-0.05, 0) is 70.0 Å². The second-order valence-electron chi connectivity index (χ2n) is 7.56. The molecule has 3 nitrogen and oxygen atoms in total. The van der Waals surface area contributed by atoms with Crippen molar-refractivity contribution in [3.05, 3.63) is 0 Å². The van der Waals surface area contributed by atoms with E-state index in [4.69, 9.17) is 5.73 Å². The van der Waals surface area contributed by atoms with E-state index in [9.17, 15) is 0 Å². The minimum absolute atomic E-state index is 0.431. The molecule has 0 amide bonds. The van der Waals surface area contributed by atoms with Crippen LogP contribution in [0, 0.1) is 11.3 Å². The summed E-state index contributed by atoms with van der Waals surface area (Å²) < 4.78 is 0. The zero-order chi connectivity index (χ0) is 13.9. The van der Waals surface area contributed by atoms with E-state index in [0.717, 1.165) is 5.92 Å². The Morgan fingerprint density at radius 1 is 1.05 bits per heavy atom. The topological polar surface area (TPSA) is 41.3 Å². The molecule has 0 unspecified atom stereocenters. The SMILES string of the molecule is CN1CCC(C(C)(C)CNC2CCC(N)CC2)CC1. The Bertz CT molecular complexity index is 261. The fourth-order valence-electron chi connectivity index (χ4n) is 3.67. The van der Waals surface area contributed by atoms with Gasteiger partial charge >= 0.3 is 0 Å². The van der Waals surface area contributed by atoms with Crippen LogP contribution in [0.1, 0.15) is 52.4 Å². The molecule has 3 heteroatoms. The van der Waals surface area contributed by atoms with Crippen molar-refractivity contribution in [2.75, 3.05) is 26.7 Å². The molecule has 0 aromatic carbocycles. The van der Waals surface area contributed by atoms with Crippen molar-refractivity contribution in [2.24, 2.45) is 17.1 Å². The van der Waals surface area contributed by atoms with Gasteiger partial charge in [-0.3, -0.25) is 0 Å². The molecule has 2 fully saturated rings. The van der Waals surface area contributed by atoms with Crippen LogP contribution in [0.25, 0.3) is 0 Å².